The number of nitriles is 1. The van der Waals surface area contributed by atoms with Crippen LogP contribution in [0.2, 0.25) is 0 Å². The van der Waals surface area contributed by atoms with Crippen LogP contribution in [-0.2, 0) is 16.2 Å². The van der Waals surface area contributed by atoms with E-state index in [0.29, 0.717) is 5.56 Å². The van der Waals surface area contributed by atoms with E-state index in [9.17, 15) is 5.26 Å². The van der Waals surface area contributed by atoms with E-state index in [1.54, 1.807) is 5.56 Å². The van der Waals surface area contributed by atoms with Gasteiger partial charge < -0.3 is 0 Å². The highest BCUT2D eigenvalue weighted by molar-refractivity contribution is 7.25. The molecule has 5 aliphatic carbocycles. The summed E-state index contributed by atoms with van der Waals surface area (Å²) in [6.45, 7) is 4.70. The van der Waals surface area contributed by atoms with Gasteiger partial charge in [0.2, 0.25) is 0 Å². The van der Waals surface area contributed by atoms with Crippen LogP contribution in [0.5, 0.6) is 0 Å². The lowest BCUT2D eigenvalue weighted by Gasteiger charge is -2.31. The minimum Gasteiger partial charge on any atom is -0.248 e. The molecule has 296 valence electrons. The van der Waals surface area contributed by atoms with Gasteiger partial charge in [-0.25, -0.2) is 4.98 Å². The topological polar surface area (TPSA) is 36.7 Å². The first kappa shape index (κ1) is 36.1. The van der Waals surface area contributed by atoms with Gasteiger partial charge in [-0.05, 0) is 140 Å². The third-order valence-electron chi connectivity index (χ3n) is 16.0. The van der Waals surface area contributed by atoms with Crippen molar-refractivity contribution >= 4 is 31.5 Å². The monoisotopic (exact) mass is 812 g/mol. The molecule has 4 unspecified atom stereocenters. The molecule has 4 fully saturated rings. The predicted molar refractivity (Wildman–Crippen MR) is 256 cm³/mol. The van der Waals surface area contributed by atoms with Crippen LogP contribution in [0.4, 0.5) is 0 Å². The Hall–Kier alpha value is -6.60. The van der Waals surface area contributed by atoms with Crippen LogP contribution in [0, 0.1) is 23.2 Å². The van der Waals surface area contributed by atoms with Crippen molar-refractivity contribution in [2.45, 2.75) is 55.8 Å². The van der Waals surface area contributed by atoms with Crippen molar-refractivity contribution in [3.63, 3.8) is 0 Å². The minimum absolute atomic E-state index is 0.0691. The zero-order valence-corrected chi connectivity index (χ0v) is 35.8. The third-order valence-corrected chi connectivity index (χ3v) is 17.1. The molecule has 2 nitrogen and oxygen atoms in total. The molecule has 5 aliphatic rings. The Labute approximate surface area is 367 Å². The van der Waals surface area contributed by atoms with Gasteiger partial charge >= 0.3 is 0 Å². The van der Waals surface area contributed by atoms with E-state index in [2.05, 4.69) is 178 Å². The zero-order valence-electron chi connectivity index (χ0n) is 35.0. The van der Waals surface area contributed by atoms with Gasteiger partial charge in [0.05, 0.1) is 23.0 Å². The maximum atomic E-state index is 9.28. The van der Waals surface area contributed by atoms with E-state index < -0.39 is 0 Å². The first-order chi connectivity index (χ1) is 30.3. The van der Waals surface area contributed by atoms with E-state index in [1.165, 1.54) is 95.9 Å². The van der Waals surface area contributed by atoms with E-state index in [0.717, 1.165) is 34.4 Å². The summed E-state index contributed by atoms with van der Waals surface area (Å²) in [5.74, 6) is 1.47. The Morgan fingerprint density at radius 3 is 1.92 bits per heavy atom. The molecule has 0 amide bonds. The standard InChI is InChI=1S/C59H44N2S/c1-57(2)50-13-7-6-11-48(50)56-49(12-8-14-51(56)57)53-28-41(27-52(61-53)39-9-4-3-5-10-39)38-19-22-42(23-20-38)58-32-45-30-44(58)33-59(45,35-58)43-24-26-47-46-25-21-40(29-54(46)62-55(47)31-43)37-17-15-36(34-60)16-18-37/h3-29,31,44-45H,30,32-33,35H2,1-2H3. The molecule has 2 heterocycles. The molecule has 14 rings (SSSR count). The molecule has 0 N–H and O–H groups in total. The Kier molecular flexibility index (Phi) is 7.54. The molecule has 4 saturated carbocycles. The van der Waals surface area contributed by atoms with Crippen molar-refractivity contribution in [1.82, 2.24) is 4.98 Å². The average molecular weight is 813 g/mol. The van der Waals surface area contributed by atoms with E-state index in [-0.39, 0.29) is 16.2 Å². The number of thiophene rings is 1. The molecule has 0 aliphatic heterocycles. The van der Waals surface area contributed by atoms with Gasteiger partial charge in [-0.2, -0.15) is 5.26 Å². The average Bonchev–Trinajstić information content (AvgIpc) is 4.16. The SMILES string of the molecule is CC1(C)c2ccccc2-c2c(-c3cc(-c4ccc(C56CC7CC5CC7(c5ccc7c(c5)sc5cc(-c8ccc(C#N)cc8)ccc57)C6)cc4)cc(-c4ccccc4)n3)cccc21. The lowest BCUT2D eigenvalue weighted by Crippen LogP contribution is -2.26. The fraction of sp³-hybridized carbons (Fsp3) is 0.186. The van der Waals surface area contributed by atoms with E-state index in [4.69, 9.17) is 4.98 Å². The van der Waals surface area contributed by atoms with E-state index >= 15 is 0 Å². The molecule has 4 bridgehead atoms. The first-order valence-corrected chi connectivity index (χ1v) is 23.0. The van der Waals surface area contributed by atoms with Crippen LogP contribution in [0.1, 0.15) is 67.3 Å². The Balaban J connectivity index is 0.840. The van der Waals surface area contributed by atoms with Crippen molar-refractivity contribution in [1.29, 1.82) is 5.26 Å². The summed E-state index contributed by atoms with van der Waals surface area (Å²) in [6, 6.07) is 65.3. The predicted octanol–water partition coefficient (Wildman–Crippen LogP) is 15.3. The van der Waals surface area contributed by atoms with Gasteiger partial charge in [-0.15, -0.1) is 11.3 Å². The largest absolute Gasteiger partial charge is 0.248 e. The second-order valence-corrected chi connectivity index (χ2v) is 20.3. The summed E-state index contributed by atoms with van der Waals surface area (Å²) in [4.78, 5) is 5.40. The maximum Gasteiger partial charge on any atom is 0.0991 e. The quantitative estimate of drug-likeness (QED) is 0.168. The first-order valence-electron chi connectivity index (χ1n) is 22.2. The van der Waals surface area contributed by atoms with Gasteiger partial charge in [0.15, 0.2) is 0 Å². The van der Waals surface area contributed by atoms with Crippen LogP contribution >= 0.6 is 11.3 Å². The summed E-state index contributed by atoms with van der Waals surface area (Å²) < 4.78 is 2.72. The molecular weight excluding hydrogens is 769 g/mol. The van der Waals surface area contributed by atoms with Gasteiger partial charge in [-0.1, -0.05) is 147 Å². The fourth-order valence-electron chi connectivity index (χ4n) is 13.0. The van der Waals surface area contributed by atoms with Crippen LogP contribution in [0.3, 0.4) is 0 Å². The Bertz CT molecular complexity index is 3350. The highest BCUT2D eigenvalue weighted by Gasteiger charge is 2.71. The Morgan fingerprint density at radius 2 is 1.15 bits per heavy atom. The molecule has 0 saturated heterocycles. The third kappa shape index (κ3) is 5.05. The highest BCUT2D eigenvalue weighted by Crippen LogP contribution is 2.76. The highest BCUT2D eigenvalue weighted by atomic mass is 32.1. The molecular formula is C59H44N2S. The van der Waals surface area contributed by atoms with Crippen molar-refractivity contribution in [2.24, 2.45) is 11.8 Å². The smallest absolute Gasteiger partial charge is 0.0991 e. The number of benzene rings is 7. The number of hydrogen-bond acceptors (Lipinski definition) is 3. The molecule has 0 radical (unpaired) electrons. The summed E-state index contributed by atoms with van der Waals surface area (Å²) in [6.07, 6.45) is 5.19. The zero-order chi connectivity index (χ0) is 41.4. The summed E-state index contributed by atoms with van der Waals surface area (Å²) >= 11 is 1.93. The number of fused-ring (bicyclic) bond motifs is 6. The molecule has 0 spiro atoms. The molecule has 2 aromatic heterocycles. The molecule has 3 heteroatoms. The fourth-order valence-corrected chi connectivity index (χ4v) is 14.2. The number of hydrogen-bond donors (Lipinski definition) is 0. The number of aromatic nitrogens is 1. The number of pyridine rings is 1. The van der Waals surface area contributed by atoms with E-state index in [1.807, 2.05) is 23.5 Å². The maximum absolute atomic E-state index is 9.28. The number of rotatable bonds is 6. The van der Waals surface area contributed by atoms with Gasteiger partial charge in [0, 0.05) is 36.7 Å². The normalized spacial score (nSPS) is 22.3. The van der Waals surface area contributed by atoms with Crippen LogP contribution in [-0.4, -0.2) is 4.98 Å². The van der Waals surface area contributed by atoms with Gasteiger partial charge in [0.25, 0.3) is 0 Å². The summed E-state index contributed by atoms with van der Waals surface area (Å²) in [5.41, 5.74) is 18.8. The summed E-state index contributed by atoms with van der Waals surface area (Å²) in [7, 11) is 0. The van der Waals surface area contributed by atoms with Gasteiger partial charge in [-0.3, -0.25) is 0 Å². The lowest BCUT2D eigenvalue weighted by atomic mass is 9.73. The van der Waals surface area contributed by atoms with Crippen molar-refractivity contribution in [2.75, 3.05) is 0 Å². The summed E-state index contributed by atoms with van der Waals surface area (Å²) in [5, 5.41) is 12.0. The van der Waals surface area contributed by atoms with Crippen LogP contribution < -0.4 is 0 Å². The lowest BCUT2D eigenvalue weighted by molar-refractivity contribution is 0.368. The molecule has 7 aromatic carbocycles. The minimum atomic E-state index is -0.0691. The molecule has 62 heavy (non-hydrogen) atoms. The second-order valence-electron chi connectivity index (χ2n) is 19.2. The Morgan fingerprint density at radius 1 is 0.532 bits per heavy atom. The second kappa shape index (κ2) is 13.0. The van der Waals surface area contributed by atoms with Gasteiger partial charge in [0.1, 0.15) is 0 Å². The van der Waals surface area contributed by atoms with Crippen molar-refractivity contribution in [3.05, 3.63) is 198 Å². The van der Waals surface area contributed by atoms with Crippen molar-refractivity contribution < 1.29 is 0 Å². The van der Waals surface area contributed by atoms with Crippen LogP contribution in [0.25, 0.3) is 76.1 Å². The number of nitrogens with zero attached hydrogens (tertiary/aromatic N) is 2. The molecule has 4 atom stereocenters. The van der Waals surface area contributed by atoms with Crippen LogP contribution in [0.15, 0.2) is 170 Å². The molecule has 9 aromatic rings. The van der Waals surface area contributed by atoms with Crippen molar-refractivity contribution in [3.8, 4) is 62.0 Å².